The molecule has 0 aliphatic heterocycles. The van der Waals surface area contributed by atoms with Gasteiger partial charge in [-0.3, -0.25) is 4.79 Å². The summed E-state index contributed by atoms with van der Waals surface area (Å²) in [5.41, 5.74) is 0.237. The Morgan fingerprint density at radius 3 is 2.27 bits per heavy atom. The Bertz CT molecular complexity index is 197. The lowest BCUT2D eigenvalue weighted by molar-refractivity contribution is -0.144. The molecule has 0 spiro atoms. The second-order valence-electron chi connectivity index (χ2n) is 5.15. The monoisotopic (exact) mass is 254 g/mol. The first-order chi connectivity index (χ1) is 6.70. The number of hydrogen-bond donors (Lipinski definition) is 0. The molecule has 1 atom stereocenters. The highest BCUT2D eigenvalue weighted by atomic mass is 35.5. The van der Waals surface area contributed by atoms with Crippen molar-refractivity contribution < 1.29 is 9.53 Å². The lowest BCUT2D eigenvalue weighted by Crippen LogP contribution is -2.17. The molecule has 4 heteroatoms. The molecule has 1 unspecified atom stereocenters. The van der Waals surface area contributed by atoms with E-state index < -0.39 is 4.84 Å². The van der Waals surface area contributed by atoms with Crippen molar-refractivity contribution in [3.8, 4) is 0 Å². The van der Waals surface area contributed by atoms with Crippen LogP contribution in [0.15, 0.2) is 0 Å². The van der Waals surface area contributed by atoms with Gasteiger partial charge in [0.05, 0.1) is 0 Å². The molecule has 2 nitrogen and oxygen atoms in total. The number of alkyl halides is 2. The van der Waals surface area contributed by atoms with Crippen LogP contribution in [0.4, 0.5) is 0 Å². The highest BCUT2D eigenvalue weighted by molar-refractivity contribution is 6.44. The van der Waals surface area contributed by atoms with Crippen LogP contribution in [0.3, 0.4) is 0 Å². The fraction of sp³-hybridized carbons (Fsp3) is 0.909. The minimum absolute atomic E-state index is 0.0736. The smallest absolute Gasteiger partial charge is 0.306 e. The van der Waals surface area contributed by atoms with Crippen LogP contribution < -0.4 is 0 Å². The average Bonchev–Trinajstić information content (AvgIpc) is 1.96. The van der Waals surface area contributed by atoms with E-state index in [-0.39, 0.29) is 18.0 Å². The second-order valence-corrected chi connectivity index (χ2v) is 6.43. The molecule has 90 valence electrons. The first-order valence-electron chi connectivity index (χ1n) is 5.14. The van der Waals surface area contributed by atoms with Crippen molar-refractivity contribution in [1.29, 1.82) is 0 Å². The normalized spacial score (nSPS) is 14.1. The molecule has 15 heavy (non-hydrogen) atoms. The fourth-order valence-corrected chi connectivity index (χ4v) is 1.74. The van der Waals surface area contributed by atoms with Gasteiger partial charge in [-0.2, -0.15) is 0 Å². The number of ether oxygens (including phenoxy) is 1. The molecule has 0 aromatic carbocycles. The molecule has 0 aliphatic rings. The van der Waals surface area contributed by atoms with E-state index in [1.54, 1.807) is 0 Å². The van der Waals surface area contributed by atoms with Crippen LogP contribution in [0, 0.1) is 11.3 Å². The first kappa shape index (κ1) is 15.0. The van der Waals surface area contributed by atoms with Crippen LogP contribution in [-0.4, -0.2) is 17.4 Å². The molecule has 0 radical (unpaired) electrons. The highest BCUT2D eigenvalue weighted by Gasteiger charge is 2.18. The molecule has 0 aliphatic carbocycles. The van der Waals surface area contributed by atoms with Gasteiger partial charge in [0.2, 0.25) is 0 Å². The summed E-state index contributed by atoms with van der Waals surface area (Å²) in [6.45, 7) is 8.59. The third-order valence-electron chi connectivity index (χ3n) is 1.85. The molecule has 0 aromatic rings. The molecule has 0 bridgehead atoms. The maximum Gasteiger partial charge on any atom is 0.306 e. The summed E-state index contributed by atoms with van der Waals surface area (Å²) in [5, 5.41) is 0. The van der Waals surface area contributed by atoms with Gasteiger partial charge in [0.25, 0.3) is 0 Å². The Hall–Kier alpha value is 0.0500. The Morgan fingerprint density at radius 2 is 1.87 bits per heavy atom. The minimum Gasteiger partial charge on any atom is -0.463 e. The number of carbonyl (C=O) groups is 1. The summed E-state index contributed by atoms with van der Waals surface area (Å²) in [6, 6.07) is 0. The molecule has 0 saturated heterocycles. The zero-order valence-electron chi connectivity index (χ0n) is 9.85. The van der Waals surface area contributed by atoms with Crippen LogP contribution in [0.1, 0.15) is 40.5 Å². The quantitative estimate of drug-likeness (QED) is 0.551. The van der Waals surface area contributed by atoms with E-state index in [2.05, 4.69) is 20.8 Å². The van der Waals surface area contributed by atoms with Gasteiger partial charge < -0.3 is 4.74 Å². The summed E-state index contributed by atoms with van der Waals surface area (Å²) in [6.07, 6.45) is 1.42. The van der Waals surface area contributed by atoms with Gasteiger partial charge in [-0.05, 0) is 17.8 Å². The van der Waals surface area contributed by atoms with Crippen molar-refractivity contribution in [3.05, 3.63) is 0 Å². The van der Waals surface area contributed by atoms with Crippen LogP contribution in [-0.2, 0) is 9.53 Å². The van der Waals surface area contributed by atoms with E-state index in [4.69, 9.17) is 27.9 Å². The number of rotatable bonds is 5. The van der Waals surface area contributed by atoms with Crippen molar-refractivity contribution >= 4 is 29.2 Å². The van der Waals surface area contributed by atoms with Gasteiger partial charge in [-0.1, -0.05) is 27.7 Å². The van der Waals surface area contributed by atoms with Gasteiger partial charge in [0.15, 0.2) is 0 Å². The third kappa shape index (κ3) is 10.3. The molecule has 0 fully saturated rings. The van der Waals surface area contributed by atoms with Crippen LogP contribution in [0.25, 0.3) is 0 Å². The van der Waals surface area contributed by atoms with Gasteiger partial charge in [0, 0.05) is 6.42 Å². The molecular weight excluding hydrogens is 235 g/mol. The van der Waals surface area contributed by atoms with Gasteiger partial charge in [-0.25, -0.2) is 0 Å². The molecule has 0 saturated carbocycles. The molecule has 0 amide bonds. The summed E-state index contributed by atoms with van der Waals surface area (Å²) in [5.74, 6) is 0.0969. The van der Waals surface area contributed by atoms with Gasteiger partial charge >= 0.3 is 5.97 Å². The van der Waals surface area contributed by atoms with E-state index in [1.165, 1.54) is 0 Å². The van der Waals surface area contributed by atoms with Crippen molar-refractivity contribution in [2.24, 2.45) is 11.3 Å². The lowest BCUT2D eigenvalue weighted by atomic mass is 9.84. The van der Waals surface area contributed by atoms with Crippen LogP contribution in [0.2, 0.25) is 0 Å². The predicted octanol–water partition coefficient (Wildman–Crippen LogP) is 3.80. The Morgan fingerprint density at radius 1 is 1.33 bits per heavy atom. The van der Waals surface area contributed by atoms with Crippen molar-refractivity contribution in [1.82, 2.24) is 0 Å². The van der Waals surface area contributed by atoms with E-state index in [0.717, 1.165) is 6.42 Å². The first-order valence-corrected chi connectivity index (χ1v) is 6.02. The number of halogens is 2. The van der Waals surface area contributed by atoms with Crippen molar-refractivity contribution in [2.45, 2.75) is 45.4 Å². The zero-order valence-corrected chi connectivity index (χ0v) is 11.4. The van der Waals surface area contributed by atoms with E-state index in [1.807, 2.05) is 6.92 Å². The zero-order chi connectivity index (χ0) is 12.1. The molecule has 0 N–H and O–H groups in total. The largest absolute Gasteiger partial charge is 0.463 e. The second kappa shape index (κ2) is 6.59. The average molecular weight is 255 g/mol. The van der Waals surface area contributed by atoms with E-state index >= 15 is 0 Å². The summed E-state index contributed by atoms with van der Waals surface area (Å²) >= 11 is 10.9. The number of hydrogen-bond acceptors (Lipinski definition) is 2. The Balaban J connectivity index is 3.77. The van der Waals surface area contributed by atoms with E-state index in [9.17, 15) is 4.79 Å². The fourth-order valence-electron chi connectivity index (χ4n) is 1.62. The maximum atomic E-state index is 11.3. The molecule has 0 rings (SSSR count). The Labute approximate surface area is 102 Å². The van der Waals surface area contributed by atoms with E-state index in [0.29, 0.717) is 12.3 Å². The standard InChI is InChI=1S/C11H20Cl2O2/c1-8(6-11(2,3)4)5-10(14)15-7-9(12)13/h8-9H,5-7H2,1-4H3. The summed E-state index contributed by atoms with van der Waals surface area (Å²) in [4.78, 5) is 10.7. The third-order valence-corrected chi connectivity index (χ3v) is 2.10. The molecule has 0 aromatic heterocycles. The van der Waals surface area contributed by atoms with Crippen LogP contribution >= 0.6 is 23.2 Å². The number of esters is 1. The van der Waals surface area contributed by atoms with Crippen molar-refractivity contribution in [3.63, 3.8) is 0 Å². The van der Waals surface area contributed by atoms with Gasteiger partial charge in [0.1, 0.15) is 11.4 Å². The van der Waals surface area contributed by atoms with Crippen LogP contribution in [0.5, 0.6) is 0 Å². The Kier molecular flexibility index (Phi) is 6.62. The van der Waals surface area contributed by atoms with Crippen molar-refractivity contribution in [2.75, 3.05) is 6.61 Å². The number of carbonyl (C=O) groups excluding carboxylic acids is 1. The molecular formula is C11H20Cl2O2. The maximum absolute atomic E-state index is 11.3. The molecule has 0 heterocycles. The summed E-state index contributed by atoms with van der Waals surface area (Å²) in [7, 11) is 0. The lowest BCUT2D eigenvalue weighted by Gasteiger charge is -2.22. The summed E-state index contributed by atoms with van der Waals surface area (Å²) < 4.78 is 4.89. The minimum atomic E-state index is -0.633. The van der Waals surface area contributed by atoms with Gasteiger partial charge in [-0.15, -0.1) is 23.2 Å². The SMILES string of the molecule is CC(CC(=O)OCC(Cl)Cl)CC(C)(C)C. The predicted molar refractivity (Wildman–Crippen MR) is 64.3 cm³/mol. The topological polar surface area (TPSA) is 26.3 Å². The highest BCUT2D eigenvalue weighted by Crippen LogP contribution is 2.26.